The Bertz CT molecular complexity index is 714. The molecule has 4 nitrogen and oxygen atoms in total. The summed E-state index contributed by atoms with van der Waals surface area (Å²) in [6.07, 6.45) is -0.0945. The molecule has 0 heterocycles. The summed E-state index contributed by atoms with van der Waals surface area (Å²) in [5.41, 5.74) is 3.49. The maximum absolute atomic E-state index is 11.5. The van der Waals surface area contributed by atoms with Gasteiger partial charge in [0.15, 0.2) is 0 Å². The van der Waals surface area contributed by atoms with E-state index in [9.17, 15) is 14.7 Å². The molecule has 1 N–H and O–H groups in total. The van der Waals surface area contributed by atoms with Crippen molar-refractivity contribution in [2.24, 2.45) is 5.41 Å². The van der Waals surface area contributed by atoms with E-state index in [0.29, 0.717) is 18.7 Å². The molecule has 0 fully saturated rings. The van der Waals surface area contributed by atoms with Gasteiger partial charge in [-0.2, -0.15) is 0 Å². The molecular weight excluding hydrogens is 302 g/mol. The number of benzene rings is 2. The lowest BCUT2D eigenvalue weighted by Crippen LogP contribution is -2.36. The average molecular weight is 325 g/mol. The number of amides is 1. The molecule has 2 aromatic rings. The fourth-order valence-corrected chi connectivity index (χ4v) is 2.59. The molecule has 0 unspecified atom stereocenters. The van der Waals surface area contributed by atoms with Gasteiger partial charge in [-0.15, -0.1) is 0 Å². The zero-order chi connectivity index (χ0) is 17.7. The molecule has 0 radical (unpaired) electrons. The molecule has 0 saturated carbocycles. The van der Waals surface area contributed by atoms with Crippen LogP contribution in [0, 0.1) is 5.41 Å². The van der Waals surface area contributed by atoms with Crippen molar-refractivity contribution in [2.75, 3.05) is 6.54 Å². The van der Waals surface area contributed by atoms with E-state index in [4.69, 9.17) is 0 Å². The van der Waals surface area contributed by atoms with E-state index in [1.807, 2.05) is 57.2 Å². The lowest BCUT2D eigenvalue weighted by atomic mass is 9.95. The van der Waals surface area contributed by atoms with E-state index in [2.05, 4.69) is 0 Å². The van der Waals surface area contributed by atoms with Gasteiger partial charge >= 0.3 is 6.09 Å². The summed E-state index contributed by atoms with van der Waals surface area (Å²) in [4.78, 5) is 23.7. The first-order chi connectivity index (χ1) is 11.3. The van der Waals surface area contributed by atoms with Crippen molar-refractivity contribution in [3.8, 4) is 11.1 Å². The first-order valence-electron chi connectivity index (χ1n) is 7.91. The monoisotopic (exact) mass is 325 g/mol. The molecule has 0 atom stereocenters. The van der Waals surface area contributed by atoms with Crippen LogP contribution in [0.1, 0.15) is 36.7 Å². The third kappa shape index (κ3) is 4.95. The Hall–Kier alpha value is -2.62. The van der Waals surface area contributed by atoms with Crippen molar-refractivity contribution in [3.05, 3.63) is 59.7 Å². The lowest BCUT2D eigenvalue weighted by Gasteiger charge is -2.28. The number of rotatable bonds is 5. The van der Waals surface area contributed by atoms with Crippen LogP contribution in [0.2, 0.25) is 0 Å². The molecule has 2 aromatic carbocycles. The van der Waals surface area contributed by atoms with Crippen LogP contribution >= 0.6 is 0 Å². The third-order valence-corrected chi connectivity index (χ3v) is 3.62. The third-order valence-electron chi connectivity index (χ3n) is 3.62. The molecule has 0 aromatic heterocycles. The van der Waals surface area contributed by atoms with E-state index < -0.39 is 6.09 Å². The van der Waals surface area contributed by atoms with Gasteiger partial charge in [-0.05, 0) is 28.2 Å². The number of carboxylic acid groups (broad SMARTS) is 1. The molecule has 24 heavy (non-hydrogen) atoms. The van der Waals surface area contributed by atoms with Gasteiger partial charge in [0.25, 0.3) is 0 Å². The summed E-state index contributed by atoms with van der Waals surface area (Å²) in [6, 6.07) is 15.2. The molecule has 0 spiro atoms. The van der Waals surface area contributed by atoms with Crippen molar-refractivity contribution >= 4 is 12.4 Å². The summed E-state index contributed by atoms with van der Waals surface area (Å²) in [5, 5.41) is 9.43. The van der Waals surface area contributed by atoms with Crippen LogP contribution in [0.4, 0.5) is 4.79 Å². The van der Waals surface area contributed by atoms with Crippen molar-refractivity contribution in [3.63, 3.8) is 0 Å². The maximum Gasteiger partial charge on any atom is 0.407 e. The van der Waals surface area contributed by atoms with Gasteiger partial charge < -0.3 is 10.0 Å². The number of hydrogen-bond donors (Lipinski definition) is 1. The highest BCUT2D eigenvalue weighted by Gasteiger charge is 2.20. The van der Waals surface area contributed by atoms with Gasteiger partial charge in [0.05, 0.1) is 0 Å². The van der Waals surface area contributed by atoms with Crippen molar-refractivity contribution in [1.29, 1.82) is 0 Å². The molecule has 0 aliphatic rings. The lowest BCUT2D eigenvalue weighted by molar-refractivity contribution is 0.112. The first-order valence-corrected chi connectivity index (χ1v) is 7.91. The molecule has 4 heteroatoms. The van der Waals surface area contributed by atoms with Crippen LogP contribution < -0.4 is 0 Å². The summed E-state index contributed by atoms with van der Waals surface area (Å²) < 4.78 is 0. The van der Waals surface area contributed by atoms with E-state index in [1.165, 1.54) is 4.90 Å². The second-order valence-electron chi connectivity index (χ2n) is 7.14. The molecular formula is C20H23NO3. The second-order valence-corrected chi connectivity index (χ2v) is 7.14. The Kier molecular flexibility index (Phi) is 5.39. The summed E-state index contributed by atoms with van der Waals surface area (Å²) in [6.45, 7) is 6.89. The second kappa shape index (κ2) is 7.30. The number of carbonyl (C=O) groups excluding carboxylic acids is 1. The predicted molar refractivity (Wildman–Crippen MR) is 95.2 cm³/mol. The Balaban J connectivity index is 2.22. The Morgan fingerprint density at radius 3 is 2.29 bits per heavy atom. The quantitative estimate of drug-likeness (QED) is 0.811. The van der Waals surface area contributed by atoms with Crippen LogP contribution in [0.25, 0.3) is 11.1 Å². The van der Waals surface area contributed by atoms with Crippen LogP contribution in [0.3, 0.4) is 0 Å². The van der Waals surface area contributed by atoms with Gasteiger partial charge in [-0.1, -0.05) is 63.2 Å². The average Bonchev–Trinajstić information content (AvgIpc) is 2.53. The molecule has 126 valence electrons. The van der Waals surface area contributed by atoms with E-state index >= 15 is 0 Å². The normalized spacial score (nSPS) is 11.1. The largest absolute Gasteiger partial charge is 0.465 e. The van der Waals surface area contributed by atoms with Gasteiger partial charge in [-0.3, -0.25) is 4.79 Å². The molecule has 0 bridgehead atoms. The Morgan fingerprint density at radius 2 is 1.75 bits per heavy atom. The number of aldehydes is 1. The Labute approximate surface area is 142 Å². The minimum Gasteiger partial charge on any atom is -0.465 e. The van der Waals surface area contributed by atoms with Crippen LogP contribution in [0.15, 0.2) is 48.5 Å². The SMILES string of the molecule is CC(C)(C)CN(Cc1cccc(-c2ccc(C=O)cc2)c1)C(=O)O. The zero-order valence-corrected chi connectivity index (χ0v) is 14.3. The first kappa shape index (κ1) is 17.7. The fraction of sp³-hybridized carbons (Fsp3) is 0.300. The topological polar surface area (TPSA) is 57.6 Å². The Morgan fingerprint density at radius 1 is 1.08 bits per heavy atom. The number of nitrogens with zero attached hydrogens (tertiary/aromatic N) is 1. The van der Waals surface area contributed by atoms with Crippen molar-refractivity contribution in [2.45, 2.75) is 27.3 Å². The summed E-state index contributed by atoms with van der Waals surface area (Å²) >= 11 is 0. The maximum atomic E-state index is 11.5. The van der Waals surface area contributed by atoms with Crippen molar-refractivity contribution in [1.82, 2.24) is 4.90 Å². The standard InChI is InChI=1S/C20H23NO3/c1-20(2,3)14-21(19(23)24)12-16-5-4-6-18(11-16)17-9-7-15(13-22)8-10-17/h4-11,13H,12,14H2,1-3H3,(H,23,24). The molecule has 1 amide bonds. The summed E-state index contributed by atoms with van der Waals surface area (Å²) in [7, 11) is 0. The van der Waals surface area contributed by atoms with Gasteiger partial charge in [0.2, 0.25) is 0 Å². The van der Waals surface area contributed by atoms with E-state index in [0.717, 1.165) is 23.0 Å². The predicted octanol–water partition coefficient (Wildman–Crippen LogP) is 4.69. The van der Waals surface area contributed by atoms with E-state index in [1.54, 1.807) is 12.1 Å². The molecule has 0 aliphatic heterocycles. The number of hydrogen-bond acceptors (Lipinski definition) is 2. The van der Waals surface area contributed by atoms with Crippen molar-refractivity contribution < 1.29 is 14.7 Å². The zero-order valence-electron chi connectivity index (χ0n) is 14.3. The fourth-order valence-electron chi connectivity index (χ4n) is 2.59. The highest BCUT2D eigenvalue weighted by molar-refractivity contribution is 5.77. The minimum atomic E-state index is -0.911. The molecule has 2 rings (SSSR count). The van der Waals surface area contributed by atoms with Gasteiger partial charge in [0, 0.05) is 18.7 Å². The van der Waals surface area contributed by atoms with Crippen LogP contribution in [0.5, 0.6) is 0 Å². The van der Waals surface area contributed by atoms with Gasteiger partial charge in [-0.25, -0.2) is 4.79 Å². The number of carbonyl (C=O) groups is 2. The van der Waals surface area contributed by atoms with Gasteiger partial charge in [0.1, 0.15) is 6.29 Å². The highest BCUT2D eigenvalue weighted by atomic mass is 16.4. The highest BCUT2D eigenvalue weighted by Crippen LogP contribution is 2.23. The van der Waals surface area contributed by atoms with E-state index in [-0.39, 0.29) is 5.41 Å². The molecule has 0 saturated heterocycles. The smallest absolute Gasteiger partial charge is 0.407 e. The van der Waals surface area contributed by atoms with Crippen LogP contribution in [-0.4, -0.2) is 28.9 Å². The molecule has 0 aliphatic carbocycles. The van der Waals surface area contributed by atoms with Crippen LogP contribution in [-0.2, 0) is 6.54 Å². The minimum absolute atomic E-state index is 0.0966. The summed E-state index contributed by atoms with van der Waals surface area (Å²) in [5.74, 6) is 0.